The van der Waals surface area contributed by atoms with Crippen LogP contribution in [-0.4, -0.2) is 14.1 Å². The summed E-state index contributed by atoms with van der Waals surface area (Å²) >= 11 is 0. The van der Waals surface area contributed by atoms with Gasteiger partial charge in [0.15, 0.2) is 0 Å². The van der Waals surface area contributed by atoms with Crippen molar-refractivity contribution < 1.29 is 0 Å². The maximum atomic E-state index is 5.34. The summed E-state index contributed by atoms with van der Waals surface area (Å²) in [5.74, 6) is 0. The first-order valence-electron chi connectivity index (χ1n) is 11.9. The van der Waals surface area contributed by atoms with E-state index in [1.54, 1.807) is 0 Å². The van der Waals surface area contributed by atoms with Crippen molar-refractivity contribution in [2.24, 2.45) is 4.74 Å². The lowest BCUT2D eigenvalue weighted by atomic mass is 9.74. The standard InChI is InChI=1S/C30H41N2P/c1-28(2,3)21-18-22(29(4,5)6)27(23(19-21)30(7,8)9)31-33-25-17-13-15-20-14-12-16-24(26(20)25)32(10)11/h12-19H,1-11H3. The molecule has 0 spiro atoms. The van der Waals surface area contributed by atoms with Crippen LogP contribution < -0.4 is 10.2 Å². The fourth-order valence-corrected chi connectivity index (χ4v) is 5.10. The van der Waals surface area contributed by atoms with Gasteiger partial charge in [-0.1, -0.05) is 98.7 Å². The van der Waals surface area contributed by atoms with Gasteiger partial charge >= 0.3 is 0 Å². The molecule has 3 aromatic rings. The van der Waals surface area contributed by atoms with E-state index in [0.29, 0.717) is 0 Å². The summed E-state index contributed by atoms with van der Waals surface area (Å²) in [4.78, 5) is 2.20. The fourth-order valence-electron chi connectivity index (χ4n) is 4.18. The Labute approximate surface area is 203 Å². The highest BCUT2D eigenvalue weighted by molar-refractivity contribution is 7.37. The van der Waals surface area contributed by atoms with Crippen LogP contribution in [0.4, 0.5) is 11.4 Å². The Morgan fingerprint density at radius 2 is 1.21 bits per heavy atom. The number of fused-ring (bicyclic) bond motifs is 1. The zero-order valence-electron chi connectivity index (χ0n) is 22.5. The van der Waals surface area contributed by atoms with E-state index in [4.69, 9.17) is 4.74 Å². The maximum absolute atomic E-state index is 5.34. The Bertz CT molecular complexity index is 1140. The van der Waals surface area contributed by atoms with Gasteiger partial charge in [-0.3, -0.25) is 0 Å². The minimum atomic E-state index is 0.00314. The molecule has 0 unspecified atom stereocenters. The predicted molar refractivity (Wildman–Crippen MR) is 149 cm³/mol. The fraction of sp³-hybridized carbons (Fsp3) is 0.467. The molecule has 0 aromatic heterocycles. The molecule has 176 valence electrons. The molecule has 0 saturated carbocycles. The van der Waals surface area contributed by atoms with E-state index in [0.717, 1.165) is 14.1 Å². The van der Waals surface area contributed by atoms with Gasteiger partial charge in [0.25, 0.3) is 0 Å². The quantitative estimate of drug-likeness (QED) is 0.356. The van der Waals surface area contributed by atoms with Crippen LogP contribution in [-0.2, 0) is 16.2 Å². The first-order chi connectivity index (χ1) is 15.1. The third-order valence-electron chi connectivity index (χ3n) is 6.19. The second kappa shape index (κ2) is 8.88. The van der Waals surface area contributed by atoms with Crippen LogP contribution in [0, 0.1) is 0 Å². The van der Waals surface area contributed by atoms with Crippen LogP contribution in [0.25, 0.3) is 10.8 Å². The van der Waals surface area contributed by atoms with Gasteiger partial charge in [0.1, 0.15) is 0 Å². The van der Waals surface area contributed by atoms with E-state index in [2.05, 4.69) is 130 Å². The molecule has 0 aliphatic carbocycles. The molecule has 33 heavy (non-hydrogen) atoms. The summed E-state index contributed by atoms with van der Waals surface area (Å²) in [5.41, 5.74) is 6.54. The summed E-state index contributed by atoms with van der Waals surface area (Å²) in [5, 5.41) is 3.80. The van der Waals surface area contributed by atoms with Gasteiger partial charge in [-0.2, -0.15) is 0 Å². The molecule has 0 fully saturated rings. The molecule has 0 heterocycles. The van der Waals surface area contributed by atoms with E-state index in [1.165, 1.54) is 38.5 Å². The summed E-state index contributed by atoms with van der Waals surface area (Å²) in [6.07, 6.45) is 0. The van der Waals surface area contributed by atoms with E-state index >= 15 is 0 Å². The van der Waals surface area contributed by atoms with Gasteiger partial charge in [0.05, 0.1) is 5.69 Å². The summed E-state index contributed by atoms with van der Waals surface area (Å²) in [6, 6.07) is 17.9. The van der Waals surface area contributed by atoms with E-state index in [-0.39, 0.29) is 16.2 Å². The van der Waals surface area contributed by atoms with Gasteiger partial charge in [0, 0.05) is 38.8 Å². The number of hydrogen-bond acceptors (Lipinski definition) is 2. The minimum Gasteiger partial charge on any atom is -0.377 e. The first kappa shape index (κ1) is 25.4. The van der Waals surface area contributed by atoms with Gasteiger partial charge in [-0.15, -0.1) is 0 Å². The van der Waals surface area contributed by atoms with Crippen molar-refractivity contribution in [2.75, 3.05) is 19.0 Å². The number of anilines is 1. The molecule has 3 aromatic carbocycles. The van der Waals surface area contributed by atoms with E-state index in [9.17, 15) is 0 Å². The van der Waals surface area contributed by atoms with Gasteiger partial charge in [0.2, 0.25) is 0 Å². The zero-order chi connectivity index (χ0) is 24.8. The Kier molecular flexibility index (Phi) is 6.84. The van der Waals surface area contributed by atoms with Crippen molar-refractivity contribution in [2.45, 2.75) is 78.6 Å². The molecular formula is C30H41N2P. The molecule has 3 heteroatoms. The molecule has 3 rings (SSSR count). The van der Waals surface area contributed by atoms with Crippen LogP contribution >= 0.6 is 8.37 Å². The highest BCUT2D eigenvalue weighted by atomic mass is 31.1. The van der Waals surface area contributed by atoms with E-state index in [1.807, 2.05) is 0 Å². The van der Waals surface area contributed by atoms with Crippen LogP contribution in [0.3, 0.4) is 0 Å². The van der Waals surface area contributed by atoms with Crippen LogP contribution in [0.2, 0.25) is 0 Å². The Balaban J connectivity index is 2.32. The Morgan fingerprint density at radius 1 is 0.697 bits per heavy atom. The summed E-state index contributed by atoms with van der Waals surface area (Å²) < 4.78 is 5.34. The Morgan fingerprint density at radius 3 is 1.67 bits per heavy atom. The average Bonchev–Trinajstić information content (AvgIpc) is 2.68. The van der Waals surface area contributed by atoms with Crippen molar-refractivity contribution in [3.63, 3.8) is 0 Å². The molecule has 0 saturated heterocycles. The van der Waals surface area contributed by atoms with Gasteiger partial charge in [-0.05, 0) is 50.5 Å². The minimum absolute atomic E-state index is 0.00314. The maximum Gasteiger partial charge on any atom is 0.0754 e. The molecule has 0 radical (unpaired) electrons. The molecule has 0 aliphatic heterocycles. The lowest BCUT2D eigenvalue weighted by molar-refractivity contribution is 0.550. The zero-order valence-corrected chi connectivity index (χ0v) is 23.4. The lowest BCUT2D eigenvalue weighted by Crippen LogP contribution is -2.21. The second-order valence-corrected chi connectivity index (χ2v) is 13.3. The smallest absolute Gasteiger partial charge is 0.0754 e. The van der Waals surface area contributed by atoms with Crippen LogP contribution in [0.5, 0.6) is 0 Å². The van der Waals surface area contributed by atoms with Gasteiger partial charge < -0.3 is 4.90 Å². The van der Waals surface area contributed by atoms with Crippen molar-refractivity contribution in [1.29, 1.82) is 0 Å². The topological polar surface area (TPSA) is 15.6 Å². The van der Waals surface area contributed by atoms with Crippen LogP contribution in [0.1, 0.15) is 79.0 Å². The molecule has 2 nitrogen and oxygen atoms in total. The molecule has 0 atom stereocenters. The molecule has 0 N–H and O–H groups in total. The van der Waals surface area contributed by atoms with Gasteiger partial charge in [-0.25, -0.2) is 4.74 Å². The normalized spacial score (nSPS) is 13.2. The molecule has 0 aliphatic rings. The monoisotopic (exact) mass is 460 g/mol. The largest absolute Gasteiger partial charge is 0.377 e. The molecule has 0 bridgehead atoms. The number of benzene rings is 3. The highest BCUT2D eigenvalue weighted by Crippen LogP contribution is 2.44. The van der Waals surface area contributed by atoms with Crippen molar-refractivity contribution >= 4 is 35.8 Å². The predicted octanol–water partition coefficient (Wildman–Crippen LogP) is 8.89. The van der Waals surface area contributed by atoms with E-state index < -0.39 is 0 Å². The third kappa shape index (κ3) is 5.49. The highest BCUT2D eigenvalue weighted by Gasteiger charge is 2.29. The molecule has 0 amide bonds. The first-order valence-corrected chi connectivity index (χ1v) is 12.8. The summed E-state index contributed by atoms with van der Waals surface area (Å²) in [6.45, 7) is 20.7. The average molecular weight is 461 g/mol. The number of rotatable bonds is 3. The van der Waals surface area contributed by atoms with Crippen molar-refractivity contribution in [3.05, 3.63) is 65.2 Å². The molecular weight excluding hydrogens is 419 g/mol. The van der Waals surface area contributed by atoms with Crippen molar-refractivity contribution in [1.82, 2.24) is 0 Å². The number of nitrogens with zero attached hydrogens (tertiary/aromatic N) is 2. The summed E-state index contributed by atoms with van der Waals surface area (Å²) in [7, 11) is 5.20. The van der Waals surface area contributed by atoms with Crippen LogP contribution in [0.15, 0.2) is 53.3 Å². The third-order valence-corrected chi connectivity index (χ3v) is 7.08. The lowest BCUT2D eigenvalue weighted by Gasteiger charge is -2.32. The second-order valence-electron chi connectivity index (χ2n) is 12.4. The SMILES string of the molecule is CN(C)c1cccc2cccc(P=Nc3c(C(C)(C)C)cc(C(C)(C)C)cc3C(C)(C)C)c12. The Hall–Kier alpha value is -2.18. The number of hydrogen-bond donors (Lipinski definition) is 0. The van der Waals surface area contributed by atoms with Crippen molar-refractivity contribution in [3.8, 4) is 0 Å².